The molecule has 0 aromatic heterocycles. The normalized spacial score (nSPS) is 15.0. The number of amides is 1. The second-order valence-electron chi connectivity index (χ2n) is 7.88. The number of aliphatic imine (C=N–C) groups is 1. The van der Waals surface area contributed by atoms with E-state index in [1.807, 2.05) is 38.1 Å². The predicted molar refractivity (Wildman–Crippen MR) is 129 cm³/mol. The van der Waals surface area contributed by atoms with Crippen LogP contribution in [-0.2, 0) is 24.2 Å². The molecule has 1 aliphatic rings. The number of guanidine groups is 1. The maximum Gasteiger partial charge on any atom is 0.221 e. The minimum absolute atomic E-state index is 0.0668. The van der Waals surface area contributed by atoms with Crippen LogP contribution in [0.4, 0.5) is 5.69 Å². The summed E-state index contributed by atoms with van der Waals surface area (Å²) in [6, 6.07) is 12.0. The summed E-state index contributed by atoms with van der Waals surface area (Å²) >= 11 is 0. The van der Waals surface area contributed by atoms with Crippen molar-refractivity contribution in [3.05, 3.63) is 53.1 Å². The number of hydrogen-bond donors (Lipinski definition) is 3. The fourth-order valence-corrected chi connectivity index (χ4v) is 3.68. The van der Waals surface area contributed by atoms with E-state index in [0.29, 0.717) is 13.2 Å². The minimum Gasteiger partial charge on any atom is -0.494 e. The van der Waals surface area contributed by atoms with Crippen LogP contribution >= 0.6 is 0 Å². The molecule has 32 heavy (non-hydrogen) atoms. The predicted octanol–water partition coefficient (Wildman–Crippen LogP) is 3.66. The Kier molecular flexibility index (Phi) is 8.36. The largest absolute Gasteiger partial charge is 0.494 e. The first-order valence-electron chi connectivity index (χ1n) is 11.3. The van der Waals surface area contributed by atoms with E-state index in [2.05, 4.69) is 35.0 Å². The zero-order valence-corrected chi connectivity index (χ0v) is 19.5. The summed E-state index contributed by atoms with van der Waals surface area (Å²) < 4.78 is 11.8. The second kappa shape index (κ2) is 11.4. The third-order valence-corrected chi connectivity index (χ3v) is 5.11. The highest BCUT2D eigenvalue weighted by Gasteiger charge is 2.21. The van der Waals surface area contributed by atoms with E-state index in [1.54, 1.807) is 0 Å². The molecule has 1 unspecified atom stereocenters. The van der Waals surface area contributed by atoms with Gasteiger partial charge in [0.1, 0.15) is 17.6 Å². The van der Waals surface area contributed by atoms with Gasteiger partial charge in [0.05, 0.1) is 13.2 Å². The van der Waals surface area contributed by atoms with Gasteiger partial charge >= 0.3 is 0 Å². The van der Waals surface area contributed by atoms with Crippen molar-refractivity contribution in [2.24, 2.45) is 4.99 Å². The molecule has 1 heterocycles. The Morgan fingerprint density at radius 1 is 1.19 bits per heavy atom. The van der Waals surface area contributed by atoms with Gasteiger partial charge in [-0.05, 0) is 57.0 Å². The van der Waals surface area contributed by atoms with E-state index in [9.17, 15) is 4.79 Å². The lowest BCUT2D eigenvalue weighted by Crippen LogP contribution is -2.38. The smallest absolute Gasteiger partial charge is 0.221 e. The van der Waals surface area contributed by atoms with Gasteiger partial charge in [0.25, 0.3) is 0 Å². The molecule has 172 valence electrons. The Morgan fingerprint density at radius 3 is 2.66 bits per heavy atom. The Labute approximate surface area is 190 Å². The fourth-order valence-electron chi connectivity index (χ4n) is 3.68. The van der Waals surface area contributed by atoms with Gasteiger partial charge < -0.3 is 25.4 Å². The summed E-state index contributed by atoms with van der Waals surface area (Å²) in [6.07, 6.45) is 1.96. The highest BCUT2D eigenvalue weighted by atomic mass is 16.5. The molecule has 0 saturated carbocycles. The molecule has 2 aromatic carbocycles. The van der Waals surface area contributed by atoms with Gasteiger partial charge in [-0.3, -0.25) is 4.79 Å². The van der Waals surface area contributed by atoms with E-state index in [1.165, 1.54) is 18.1 Å². The van der Waals surface area contributed by atoms with Crippen molar-refractivity contribution in [3.63, 3.8) is 0 Å². The number of nitrogens with one attached hydrogen (secondary N) is 3. The highest BCUT2D eigenvalue weighted by molar-refractivity contribution is 5.88. The summed E-state index contributed by atoms with van der Waals surface area (Å²) in [5.41, 5.74) is 4.21. The standard InChI is InChI=1S/C25H34N4O3/c1-5-26-25(27-12-11-19-7-9-22(10-8-19)29-18(4)30)28-16-21-15-24-20(13-17(3)32-24)14-23(21)31-6-2/h7-10,14-15,17H,5-6,11-13,16H2,1-4H3,(H,29,30)(H2,26,27,28). The van der Waals surface area contributed by atoms with Gasteiger partial charge in [0.15, 0.2) is 5.96 Å². The molecular weight excluding hydrogens is 404 g/mol. The van der Waals surface area contributed by atoms with Crippen LogP contribution in [0.1, 0.15) is 44.4 Å². The minimum atomic E-state index is -0.0668. The molecule has 1 amide bonds. The molecule has 7 nitrogen and oxygen atoms in total. The topological polar surface area (TPSA) is 84.0 Å². The zero-order valence-electron chi connectivity index (χ0n) is 19.5. The van der Waals surface area contributed by atoms with Crippen molar-refractivity contribution in [2.45, 2.75) is 53.2 Å². The van der Waals surface area contributed by atoms with Crippen LogP contribution in [-0.4, -0.2) is 37.7 Å². The van der Waals surface area contributed by atoms with Gasteiger partial charge in [-0.2, -0.15) is 0 Å². The molecule has 2 aromatic rings. The average molecular weight is 439 g/mol. The molecule has 1 atom stereocenters. The second-order valence-corrected chi connectivity index (χ2v) is 7.88. The van der Waals surface area contributed by atoms with Crippen LogP contribution in [0.2, 0.25) is 0 Å². The zero-order chi connectivity index (χ0) is 22.9. The van der Waals surface area contributed by atoms with Crippen LogP contribution in [0.15, 0.2) is 41.4 Å². The van der Waals surface area contributed by atoms with E-state index in [4.69, 9.17) is 14.5 Å². The molecule has 3 N–H and O–H groups in total. The van der Waals surface area contributed by atoms with E-state index < -0.39 is 0 Å². The van der Waals surface area contributed by atoms with Crippen molar-refractivity contribution in [1.29, 1.82) is 0 Å². The molecule has 0 radical (unpaired) electrons. The number of nitrogens with zero attached hydrogens (tertiary/aromatic N) is 1. The van der Waals surface area contributed by atoms with Gasteiger partial charge in [0, 0.05) is 43.2 Å². The van der Waals surface area contributed by atoms with Crippen molar-refractivity contribution in [3.8, 4) is 11.5 Å². The lowest BCUT2D eigenvalue weighted by molar-refractivity contribution is -0.114. The maximum atomic E-state index is 11.1. The van der Waals surface area contributed by atoms with Crippen molar-refractivity contribution < 1.29 is 14.3 Å². The fraction of sp³-hybridized carbons (Fsp3) is 0.440. The van der Waals surface area contributed by atoms with Crippen molar-refractivity contribution in [2.75, 3.05) is 25.0 Å². The molecule has 0 fully saturated rings. The number of ether oxygens (including phenoxy) is 2. The molecule has 0 saturated heterocycles. The van der Waals surface area contributed by atoms with E-state index >= 15 is 0 Å². The molecule has 0 bridgehead atoms. The Balaban J connectivity index is 1.61. The lowest BCUT2D eigenvalue weighted by atomic mass is 10.1. The van der Waals surface area contributed by atoms with Gasteiger partial charge in [-0.25, -0.2) is 4.99 Å². The third-order valence-electron chi connectivity index (χ3n) is 5.11. The van der Waals surface area contributed by atoms with E-state index in [0.717, 1.165) is 54.6 Å². The molecule has 0 spiro atoms. The summed E-state index contributed by atoms with van der Waals surface area (Å²) in [6.45, 7) is 10.3. The number of carbonyl (C=O) groups is 1. The van der Waals surface area contributed by atoms with Crippen LogP contribution in [0, 0.1) is 0 Å². The summed E-state index contributed by atoms with van der Waals surface area (Å²) in [5, 5.41) is 9.48. The van der Waals surface area contributed by atoms with Crippen LogP contribution in [0.25, 0.3) is 0 Å². The molecule has 1 aliphatic heterocycles. The Morgan fingerprint density at radius 2 is 1.97 bits per heavy atom. The summed E-state index contributed by atoms with van der Waals surface area (Å²) in [7, 11) is 0. The van der Waals surface area contributed by atoms with Crippen molar-refractivity contribution >= 4 is 17.6 Å². The third kappa shape index (κ3) is 6.64. The Bertz CT molecular complexity index is 941. The summed E-state index contributed by atoms with van der Waals surface area (Å²) in [4.78, 5) is 15.9. The number of anilines is 1. The molecule has 7 heteroatoms. The first kappa shape index (κ1) is 23.4. The number of fused-ring (bicyclic) bond motifs is 1. The molecule has 3 rings (SSSR count). The number of carbonyl (C=O) groups excluding carboxylic acids is 1. The first-order chi connectivity index (χ1) is 15.5. The first-order valence-corrected chi connectivity index (χ1v) is 11.3. The number of benzene rings is 2. The highest BCUT2D eigenvalue weighted by Crippen LogP contribution is 2.35. The SMILES string of the molecule is CCNC(=NCc1cc2c(cc1OCC)CC(C)O2)NCCc1ccc(NC(C)=O)cc1. The lowest BCUT2D eigenvalue weighted by Gasteiger charge is -2.14. The average Bonchev–Trinajstić information content (AvgIpc) is 3.11. The monoisotopic (exact) mass is 438 g/mol. The van der Waals surface area contributed by atoms with Crippen LogP contribution in [0.3, 0.4) is 0 Å². The van der Waals surface area contributed by atoms with Gasteiger partial charge in [-0.15, -0.1) is 0 Å². The van der Waals surface area contributed by atoms with Gasteiger partial charge in [0.2, 0.25) is 5.91 Å². The maximum absolute atomic E-state index is 11.1. The van der Waals surface area contributed by atoms with Gasteiger partial charge in [-0.1, -0.05) is 12.1 Å². The van der Waals surface area contributed by atoms with Crippen LogP contribution in [0.5, 0.6) is 11.5 Å². The number of rotatable bonds is 9. The summed E-state index contributed by atoms with van der Waals surface area (Å²) in [5.74, 6) is 2.51. The quantitative estimate of drug-likeness (QED) is 0.411. The number of hydrogen-bond acceptors (Lipinski definition) is 4. The molecular formula is C25H34N4O3. The molecule has 0 aliphatic carbocycles. The van der Waals surface area contributed by atoms with Crippen molar-refractivity contribution in [1.82, 2.24) is 10.6 Å². The van der Waals surface area contributed by atoms with E-state index in [-0.39, 0.29) is 12.0 Å². The Hall–Kier alpha value is -3.22. The van der Waals surface area contributed by atoms with Crippen LogP contribution < -0.4 is 25.4 Å².